The smallest absolute Gasteiger partial charge is 0.272 e. The molecule has 1 aliphatic heterocycles. The molecule has 2 N–H and O–H groups in total. The lowest BCUT2D eigenvalue weighted by atomic mass is 10.1. The minimum absolute atomic E-state index is 0.0852. The molecule has 1 saturated heterocycles. The Balaban J connectivity index is 1.93. The molecular formula is C11H16N4O2. The van der Waals surface area contributed by atoms with Gasteiger partial charge < -0.3 is 15.4 Å². The van der Waals surface area contributed by atoms with Gasteiger partial charge in [-0.3, -0.25) is 4.79 Å². The Hall–Kier alpha value is -1.69. The fourth-order valence-corrected chi connectivity index (χ4v) is 1.70. The zero-order chi connectivity index (χ0) is 12.1. The molecule has 1 aliphatic rings. The van der Waals surface area contributed by atoms with E-state index in [1.165, 1.54) is 0 Å². The lowest BCUT2D eigenvalue weighted by molar-refractivity contribution is 0.0621. The topological polar surface area (TPSA) is 76.1 Å². The van der Waals surface area contributed by atoms with Crippen LogP contribution in [0.25, 0.3) is 0 Å². The molecular weight excluding hydrogens is 220 g/mol. The number of aromatic nitrogens is 2. The molecule has 0 spiro atoms. The lowest BCUT2D eigenvalue weighted by Gasteiger charge is -2.22. The molecule has 1 amide bonds. The van der Waals surface area contributed by atoms with Crippen molar-refractivity contribution in [2.24, 2.45) is 0 Å². The second-order valence-corrected chi connectivity index (χ2v) is 3.94. The quantitative estimate of drug-likeness (QED) is 0.795. The average Bonchev–Trinajstić information content (AvgIpc) is 2.40. The number of ether oxygens (including phenoxy) is 1. The molecule has 92 valence electrons. The molecule has 0 aliphatic carbocycles. The Morgan fingerprint density at radius 2 is 2.35 bits per heavy atom. The number of hydrogen-bond donors (Lipinski definition) is 2. The van der Waals surface area contributed by atoms with Gasteiger partial charge in [-0.25, -0.2) is 0 Å². The van der Waals surface area contributed by atoms with E-state index in [-0.39, 0.29) is 11.9 Å². The molecule has 2 heterocycles. The van der Waals surface area contributed by atoms with E-state index in [4.69, 9.17) is 4.74 Å². The number of rotatable bonds is 3. The fraction of sp³-hybridized carbons (Fsp3) is 0.545. The predicted octanol–water partition coefficient (Wildman–Crippen LogP) is 0.427. The largest absolute Gasteiger partial charge is 0.379 e. The fourth-order valence-electron chi connectivity index (χ4n) is 1.70. The molecule has 0 bridgehead atoms. The van der Waals surface area contributed by atoms with Gasteiger partial charge in [0.1, 0.15) is 5.82 Å². The molecule has 0 radical (unpaired) electrons. The number of carbonyl (C=O) groups is 1. The summed E-state index contributed by atoms with van der Waals surface area (Å²) in [5, 5.41) is 13.4. The molecule has 1 unspecified atom stereocenters. The number of carbonyl (C=O) groups excluding carboxylic acids is 1. The number of amides is 1. The van der Waals surface area contributed by atoms with Gasteiger partial charge in [0, 0.05) is 13.7 Å². The summed E-state index contributed by atoms with van der Waals surface area (Å²) in [6.45, 7) is 1.36. The summed E-state index contributed by atoms with van der Waals surface area (Å²) in [5.74, 6) is 0.443. The molecule has 6 heteroatoms. The van der Waals surface area contributed by atoms with Crippen LogP contribution >= 0.6 is 0 Å². The van der Waals surface area contributed by atoms with Crippen LogP contribution < -0.4 is 10.6 Å². The van der Waals surface area contributed by atoms with Gasteiger partial charge in [0.2, 0.25) is 0 Å². The third-order valence-corrected chi connectivity index (χ3v) is 2.65. The van der Waals surface area contributed by atoms with Crippen molar-refractivity contribution in [2.75, 3.05) is 25.6 Å². The molecule has 1 atom stereocenters. The number of hydrogen-bond acceptors (Lipinski definition) is 5. The van der Waals surface area contributed by atoms with Crippen LogP contribution in [0, 0.1) is 0 Å². The van der Waals surface area contributed by atoms with Crippen LogP contribution in [-0.4, -0.2) is 42.4 Å². The maximum Gasteiger partial charge on any atom is 0.272 e. The first-order valence-corrected chi connectivity index (χ1v) is 5.69. The van der Waals surface area contributed by atoms with Gasteiger partial charge in [-0.1, -0.05) is 0 Å². The number of nitrogens with one attached hydrogen (secondary N) is 2. The summed E-state index contributed by atoms with van der Waals surface area (Å²) in [4.78, 5) is 11.8. The van der Waals surface area contributed by atoms with Crippen LogP contribution in [0.2, 0.25) is 0 Å². The van der Waals surface area contributed by atoms with Gasteiger partial charge in [0.25, 0.3) is 5.91 Å². The van der Waals surface area contributed by atoms with Gasteiger partial charge in [-0.05, 0) is 25.0 Å². The molecule has 1 aromatic heterocycles. The number of anilines is 1. The Kier molecular flexibility index (Phi) is 3.87. The van der Waals surface area contributed by atoms with Crippen LogP contribution in [0.5, 0.6) is 0 Å². The van der Waals surface area contributed by atoms with Crippen molar-refractivity contribution in [1.29, 1.82) is 0 Å². The van der Waals surface area contributed by atoms with E-state index in [0.29, 0.717) is 18.1 Å². The van der Waals surface area contributed by atoms with Crippen LogP contribution in [0.1, 0.15) is 23.3 Å². The van der Waals surface area contributed by atoms with Crippen molar-refractivity contribution >= 4 is 11.7 Å². The monoisotopic (exact) mass is 236 g/mol. The normalized spacial score (nSPS) is 19.7. The standard InChI is InChI=1S/C11H16N4O2/c1-12-10-5-4-9(14-15-10)11(16)13-8-3-2-6-17-7-8/h4-5,8H,2-3,6-7H2,1H3,(H,12,15)(H,13,16). The van der Waals surface area contributed by atoms with Crippen molar-refractivity contribution in [3.05, 3.63) is 17.8 Å². The minimum atomic E-state index is -0.198. The van der Waals surface area contributed by atoms with Crippen LogP contribution in [-0.2, 0) is 4.74 Å². The number of nitrogens with zero attached hydrogens (tertiary/aromatic N) is 2. The highest BCUT2D eigenvalue weighted by Gasteiger charge is 2.17. The summed E-state index contributed by atoms with van der Waals surface area (Å²) in [5.41, 5.74) is 0.328. The highest BCUT2D eigenvalue weighted by molar-refractivity contribution is 5.92. The minimum Gasteiger partial charge on any atom is -0.379 e. The van der Waals surface area contributed by atoms with Gasteiger partial charge in [0.05, 0.1) is 12.6 Å². The molecule has 1 fully saturated rings. The molecule has 17 heavy (non-hydrogen) atoms. The Labute approximate surface area is 99.8 Å². The third kappa shape index (κ3) is 3.13. The second kappa shape index (κ2) is 5.58. The highest BCUT2D eigenvalue weighted by Crippen LogP contribution is 2.07. The van der Waals surface area contributed by atoms with Crippen LogP contribution in [0.15, 0.2) is 12.1 Å². The van der Waals surface area contributed by atoms with E-state index in [2.05, 4.69) is 20.8 Å². The zero-order valence-corrected chi connectivity index (χ0v) is 9.77. The molecule has 0 saturated carbocycles. The molecule has 0 aromatic carbocycles. The molecule has 1 aromatic rings. The third-order valence-electron chi connectivity index (χ3n) is 2.65. The van der Waals surface area contributed by atoms with Crippen molar-refractivity contribution < 1.29 is 9.53 Å². The van der Waals surface area contributed by atoms with E-state index < -0.39 is 0 Å². The summed E-state index contributed by atoms with van der Waals surface area (Å²) in [6, 6.07) is 3.46. The first kappa shape index (κ1) is 11.8. The average molecular weight is 236 g/mol. The molecule has 6 nitrogen and oxygen atoms in total. The Morgan fingerprint density at radius 1 is 1.47 bits per heavy atom. The summed E-state index contributed by atoms with van der Waals surface area (Å²) in [7, 11) is 1.75. The van der Waals surface area contributed by atoms with Gasteiger partial charge in [-0.15, -0.1) is 10.2 Å². The first-order chi connectivity index (χ1) is 8.29. The van der Waals surface area contributed by atoms with Crippen LogP contribution in [0.4, 0.5) is 5.82 Å². The maximum absolute atomic E-state index is 11.8. The van der Waals surface area contributed by atoms with E-state index in [0.717, 1.165) is 19.4 Å². The van der Waals surface area contributed by atoms with Gasteiger partial charge in [-0.2, -0.15) is 0 Å². The molecule has 2 rings (SSSR count). The van der Waals surface area contributed by atoms with Crippen molar-refractivity contribution in [2.45, 2.75) is 18.9 Å². The van der Waals surface area contributed by atoms with E-state index >= 15 is 0 Å². The van der Waals surface area contributed by atoms with Gasteiger partial charge in [0.15, 0.2) is 5.69 Å². The Bertz CT molecular complexity index is 374. The van der Waals surface area contributed by atoms with Crippen molar-refractivity contribution in [3.63, 3.8) is 0 Å². The summed E-state index contributed by atoms with van der Waals surface area (Å²) in [6.07, 6.45) is 1.93. The Morgan fingerprint density at radius 3 is 2.94 bits per heavy atom. The van der Waals surface area contributed by atoms with E-state index in [1.807, 2.05) is 0 Å². The zero-order valence-electron chi connectivity index (χ0n) is 9.77. The first-order valence-electron chi connectivity index (χ1n) is 5.69. The van der Waals surface area contributed by atoms with E-state index in [1.54, 1.807) is 19.2 Å². The summed E-state index contributed by atoms with van der Waals surface area (Å²) < 4.78 is 5.29. The lowest BCUT2D eigenvalue weighted by Crippen LogP contribution is -2.40. The predicted molar refractivity (Wildman–Crippen MR) is 62.9 cm³/mol. The maximum atomic E-state index is 11.8. The van der Waals surface area contributed by atoms with Crippen molar-refractivity contribution in [1.82, 2.24) is 15.5 Å². The summed E-state index contributed by atoms with van der Waals surface area (Å²) >= 11 is 0. The van der Waals surface area contributed by atoms with E-state index in [9.17, 15) is 4.79 Å². The van der Waals surface area contributed by atoms with Gasteiger partial charge >= 0.3 is 0 Å². The highest BCUT2D eigenvalue weighted by atomic mass is 16.5. The SMILES string of the molecule is CNc1ccc(C(=O)NC2CCCOC2)nn1. The second-order valence-electron chi connectivity index (χ2n) is 3.94. The van der Waals surface area contributed by atoms with Crippen LogP contribution in [0.3, 0.4) is 0 Å². The van der Waals surface area contributed by atoms with Crippen molar-refractivity contribution in [3.8, 4) is 0 Å².